The molecule has 0 unspecified atom stereocenters. The highest BCUT2D eigenvalue weighted by atomic mass is 16.5. The van der Waals surface area contributed by atoms with Crippen LogP contribution in [0.15, 0.2) is 75.9 Å². The number of carbonyl (C=O) groups excluding carboxylic acids is 1. The molecule has 162 valence electrons. The number of ether oxygens (including phenoxy) is 2. The molecule has 1 amide bonds. The lowest BCUT2D eigenvalue weighted by Crippen LogP contribution is -2.23. The summed E-state index contributed by atoms with van der Waals surface area (Å²) in [6.07, 6.45) is 0. The van der Waals surface area contributed by atoms with Crippen LogP contribution in [0.2, 0.25) is 0 Å². The first-order valence-electron chi connectivity index (χ1n) is 10.2. The van der Waals surface area contributed by atoms with Crippen molar-refractivity contribution < 1.29 is 18.7 Å². The van der Waals surface area contributed by atoms with Crippen molar-refractivity contribution in [3.63, 3.8) is 0 Å². The Balaban J connectivity index is 1.69. The van der Waals surface area contributed by atoms with Crippen LogP contribution in [0.5, 0.6) is 11.5 Å². The van der Waals surface area contributed by atoms with E-state index in [-0.39, 0.29) is 23.5 Å². The molecule has 0 atom stereocenters. The Labute approximate surface area is 185 Å². The SMILES string of the molecule is COc1ccccc1NC(=O)COc1c(-c2ccc(C)cc2)oc2cc(C)ccc2c1=O. The Hall–Kier alpha value is -4.06. The topological polar surface area (TPSA) is 77.8 Å². The monoisotopic (exact) mass is 429 g/mol. The number of fused-ring (bicyclic) bond motifs is 1. The van der Waals surface area contributed by atoms with E-state index in [4.69, 9.17) is 13.9 Å². The van der Waals surface area contributed by atoms with E-state index in [1.807, 2.05) is 50.2 Å². The maximum absolute atomic E-state index is 13.2. The highest BCUT2D eigenvalue weighted by Crippen LogP contribution is 2.31. The van der Waals surface area contributed by atoms with Crippen LogP contribution >= 0.6 is 0 Å². The van der Waals surface area contributed by atoms with Crippen molar-refractivity contribution in [1.82, 2.24) is 0 Å². The first kappa shape index (κ1) is 21.2. The van der Waals surface area contributed by atoms with Gasteiger partial charge >= 0.3 is 0 Å². The summed E-state index contributed by atoms with van der Waals surface area (Å²) in [7, 11) is 1.53. The van der Waals surface area contributed by atoms with Crippen molar-refractivity contribution in [3.8, 4) is 22.8 Å². The summed E-state index contributed by atoms with van der Waals surface area (Å²) in [5.41, 5.74) is 3.40. The van der Waals surface area contributed by atoms with Gasteiger partial charge in [-0.15, -0.1) is 0 Å². The van der Waals surface area contributed by atoms with Crippen molar-refractivity contribution in [2.75, 3.05) is 19.0 Å². The van der Waals surface area contributed by atoms with Gasteiger partial charge in [-0.2, -0.15) is 0 Å². The van der Waals surface area contributed by atoms with Gasteiger partial charge < -0.3 is 19.2 Å². The maximum Gasteiger partial charge on any atom is 0.262 e. The molecule has 0 aliphatic heterocycles. The summed E-state index contributed by atoms with van der Waals surface area (Å²) in [6, 6.07) is 20.0. The van der Waals surface area contributed by atoms with E-state index in [2.05, 4.69) is 5.32 Å². The zero-order chi connectivity index (χ0) is 22.7. The van der Waals surface area contributed by atoms with Crippen molar-refractivity contribution in [1.29, 1.82) is 0 Å². The standard InChI is InChI=1S/C26H23NO5/c1-16-8-11-18(12-9-16)25-26(24(29)19-13-10-17(2)14-22(19)32-25)31-15-23(28)27-20-6-4-5-7-21(20)30-3/h4-14H,15H2,1-3H3,(H,27,28). The molecule has 0 saturated carbocycles. The summed E-state index contributed by atoms with van der Waals surface area (Å²) >= 11 is 0. The molecule has 1 N–H and O–H groups in total. The number of hydrogen-bond acceptors (Lipinski definition) is 5. The van der Waals surface area contributed by atoms with E-state index in [1.165, 1.54) is 7.11 Å². The second-order valence-corrected chi connectivity index (χ2v) is 7.49. The van der Waals surface area contributed by atoms with Crippen LogP contribution in [0.4, 0.5) is 5.69 Å². The Morgan fingerprint density at radius 3 is 2.44 bits per heavy atom. The molecule has 6 heteroatoms. The second-order valence-electron chi connectivity index (χ2n) is 7.49. The predicted molar refractivity (Wildman–Crippen MR) is 125 cm³/mol. The third-order valence-corrected chi connectivity index (χ3v) is 5.05. The number of anilines is 1. The molecule has 4 rings (SSSR count). The Morgan fingerprint density at radius 2 is 1.69 bits per heavy atom. The minimum Gasteiger partial charge on any atom is -0.495 e. The number of hydrogen-bond donors (Lipinski definition) is 1. The fourth-order valence-corrected chi connectivity index (χ4v) is 3.38. The highest BCUT2D eigenvalue weighted by Gasteiger charge is 2.19. The van der Waals surface area contributed by atoms with E-state index >= 15 is 0 Å². The third kappa shape index (κ3) is 4.34. The van der Waals surface area contributed by atoms with Crippen LogP contribution in [0.25, 0.3) is 22.3 Å². The first-order valence-corrected chi connectivity index (χ1v) is 10.2. The minimum absolute atomic E-state index is 0.000354. The van der Waals surface area contributed by atoms with Gasteiger partial charge in [0.25, 0.3) is 5.91 Å². The molecule has 0 aliphatic rings. The zero-order valence-corrected chi connectivity index (χ0v) is 18.1. The van der Waals surface area contributed by atoms with Crippen molar-refractivity contribution in [2.45, 2.75) is 13.8 Å². The number of carbonyl (C=O) groups is 1. The fourth-order valence-electron chi connectivity index (χ4n) is 3.38. The number of nitrogens with one attached hydrogen (secondary N) is 1. The summed E-state index contributed by atoms with van der Waals surface area (Å²) in [5.74, 6) is 0.396. The third-order valence-electron chi connectivity index (χ3n) is 5.05. The molecule has 0 saturated heterocycles. The zero-order valence-electron chi connectivity index (χ0n) is 18.1. The van der Waals surface area contributed by atoms with Crippen molar-refractivity contribution >= 4 is 22.6 Å². The highest BCUT2D eigenvalue weighted by molar-refractivity contribution is 5.93. The first-order chi connectivity index (χ1) is 15.5. The number of aryl methyl sites for hydroxylation is 2. The molecule has 0 bridgehead atoms. The molecule has 0 fully saturated rings. The molecule has 0 spiro atoms. The lowest BCUT2D eigenvalue weighted by molar-refractivity contribution is -0.118. The molecule has 32 heavy (non-hydrogen) atoms. The van der Waals surface area contributed by atoms with E-state index in [1.54, 1.807) is 30.3 Å². The van der Waals surface area contributed by atoms with Crippen LogP contribution in [0.3, 0.4) is 0 Å². The number of amides is 1. The second kappa shape index (κ2) is 8.98. The molecule has 6 nitrogen and oxygen atoms in total. The van der Waals surface area contributed by atoms with Gasteiger partial charge in [0, 0.05) is 5.56 Å². The van der Waals surface area contributed by atoms with Crippen molar-refractivity contribution in [2.24, 2.45) is 0 Å². The average molecular weight is 429 g/mol. The van der Waals surface area contributed by atoms with Gasteiger partial charge in [0.2, 0.25) is 11.2 Å². The minimum atomic E-state index is -0.423. The van der Waals surface area contributed by atoms with Gasteiger partial charge in [-0.1, -0.05) is 48.0 Å². The normalized spacial score (nSPS) is 10.7. The van der Waals surface area contributed by atoms with E-state index in [0.717, 1.165) is 11.1 Å². The van der Waals surface area contributed by atoms with Gasteiger partial charge in [0.05, 0.1) is 18.2 Å². The van der Waals surface area contributed by atoms with Crippen LogP contribution in [0.1, 0.15) is 11.1 Å². The van der Waals surface area contributed by atoms with E-state index in [0.29, 0.717) is 28.0 Å². The Bertz CT molecular complexity index is 1340. The number of rotatable bonds is 6. The molecule has 4 aromatic rings. The van der Waals surface area contributed by atoms with Crippen LogP contribution < -0.4 is 20.2 Å². The number of methoxy groups -OCH3 is 1. The molecule has 0 radical (unpaired) electrons. The van der Waals surface area contributed by atoms with Gasteiger partial charge in [0.15, 0.2) is 12.4 Å². The summed E-state index contributed by atoms with van der Waals surface area (Å²) < 4.78 is 17.1. The average Bonchev–Trinajstić information content (AvgIpc) is 2.79. The van der Waals surface area contributed by atoms with Gasteiger partial charge in [-0.25, -0.2) is 0 Å². The summed E-state index contributed by atoms with van der Waals surface area (Å²) in [4.78, 5) is 25.8. The lowest BCUT2D eigenvalue weighted by Gasteiger charge is -2.13. The molecule has 0 aliphatic carbocycles. The number of para-hydroxylation sites is 2. The Kier molecular flexibility index (Phi) is 5.94. The molecule has 1 heterocycles. The molecular formula is C26H23NO5. The Morgan fingerprint density at radius 1 is 0.969 bits per heavy atom. The van der Waals surface area contributed by atoms with E-state index in [9.17, 15) is 9.59 Å². The van der Waals surface area contributed by atoms with Crippen LogP contribution in [-0.4, -0.2) is 19.6 Å². The number of benzene rings is 3. The maximum atomic E-state index is 13.2. The smallest absolute Gasteiger partial charge is 0.262 e. The van der Waals surface area contributed by atoms with Gasteiger partial charge in [-0.3, -0.25) is 9.59 Å². The van der Waals surface area contributed by atoms with E-state index < -0.39 is 5.91 Å². The molecule has 1 aromatic heterocycles. The van der Waals surface area contributed by atoms with Gasteiger partial charge in [0.1, 0.15) is 11.3 Å². The quantitative estimate of drug-likeness (QED) is 0.461. The summed E-state index contributed by atoms with van der Waals surface area (Å²) in [6.45, 7) is 3.54. The van der Waals surface area contributed by atoms with Crippen LogP contribution in [0, 0.1) is 13.8 Å². The largest absolute Gasteiger partial charge is 0.495 e. The molecule has 3 aromatic carbocycles. The fraction of sp³-hybridized carbons (Fsp3) is 0.154. The predicted octanol–water partition coefficient (Wildman–Crippen LogP) is 5.10. The molecular weight excluding hydrogens is 406 g/mol. The van der Waals surface area contributed by atoms with Crippen molar-refractivity contribution in [3.05, 3.63) is 88.1 Å². The van der Waals surface area contributed by atoms with Crippen LogP contribution in [-0.2, 0) is 4.79 Å². The van der Waals surface area contributed by atoms with Gasteiger partial charge in [-0.05, 0) is 43.7 Å². The lowest BCUT2D eigenvalue weighted by atomic mass is 10.1. The summed E-state index contributed by atoms with van der Waals surface area (Å²) in [5, 5.41) is 3.14.